The Morgan fingerprint density at radius 3 is 2.70 bits per heavy atom. The fraction of sp³-hybridized carbons (Fsp3) is 0.238. The molecule has 0 unspecified atom stereocenters. The molecule has 0 amide bonds. The molecule has 0 spiro atoms. The fourth-order valence-electron chi connectivity index (χ4n) is 3.26. The third kappa shape index (κ3) is 3.85. The smallest absolute Gasteiger partial charge is 0.342 e. The monoisotopic (exact) mass is 380 g/mol. The molecule has 3 aromatic rings. The number of thioether (sulfide) groups is 1. The van der Waals surface area contributed by atoms with Gasteiger partial charge in [0.05, 0.1) is 0 Å². The molecule has 5 nitrogen and oxygen atoms in total. The first kappa shape index (κ1) is 17.7. The van der Waals surface area contributed by atoms with Crippen molar-refractivity contribution in [3.63, 3.8) is 0 Å². The van der Waals surface area contributed by atoms with E-state index in [0.717, 1.165) is 41.5 Å². The summed E-state index contributed by atoms with van der Waals surface area (Å²) in [5.74, 6) is -0.995. The van der Waals surface area contributed by atoms with E-state index in [-0.39, 0.29) is 4.91 Å². The van der Waals surface area contributed by atoms with Crippen molar-refractivity contribution in [2.24, 2.45) is 0 Å². The Kier molecular flexibility index (Phi) is 4.90. The van der Waals surface area contributed by atoms with E-state index in [2.05, 4.69) is 22.0 Å². The molecule has 0 radical (unpaired) electrons. The number of benzene rings is 2. The van der Waals surface area contributed by atoms with Crippen LogP contribution in [0.3, 0.4) is 0 Å². The van der Waals surface area contributed by atoms with Crippen LogP contribution in [0.5, 0.6) is 0 Å². The van der Waals surface area contributed by atoms with Crippen LogP contribution in [0, 0.1) is 6.92 Å². The number of fused-ring (bicyclic) bond motifs is 1. The van der Waals surface area contributed by atoms with E-state index in [4.69, 9.17) is 4.42 Å². The third-order valence-electron chi connectivity index (χ3n) is 4.69. The zero-order valence-electron chi connectivity index (χ0n) is 15.0. The fourth-order valence-corrected chi connectivity index (χ4v) is 4.00. The molecule has 27 heavy (non-hydrogen) atoms. The molecular formula is C21H20N2O3S. The van der Waals surface area contributed by atoms with Crippen LogP contribution in [-0.4, -0.2) is 29.1 Å². The Labute approximate surface area is 161 Å². The molecule has 1 N–H and O–H groups in total. The molecule has 6 heteroatoms. The summed E-state index contributed by atoms with van der Waals surface area (Å²) in [4.78, 5) is 18.6. The van der Waals surface area contributed by atoms with Crippen molar-refractivity contribution in [1.29, 1.82) is 0 Å². The van der Waals surface area contributed by atoms with Gasteiger partial charge in [-0.15, -0.1) is 0 Å². The number of aliphatic carboxylic acids is 1. The lowest BCUT2D eigenvalue weighted by Crippen LogP contribution is -2.17. The zero-order chi connectivity index (χ0) is 18.8. The highest BCUT2D eigenvalue weighted by Gasteiger charge is 2.16. The van der Waals surface area contributed by atoms with E-state index in [0.29, 0.717) is 10.8 Å². The van der Waals surface area contributed by atoms with Gasteiger partial charge in [-0.2, -0.15) is 0 Å². The molecule has 1 aliphatic heterocycles. The Hall–Kier alpha value is -2.73. The van der Waals surface area contributed by atoms with Gasteiger partial charge in [-0.1, -0.05) is 18.2 Å². The quantitative estimate of drug-likeness (QED) is 0.499. The maximum atomic E-state index is 11.7. The van der Waals surface area contributed by atoms with Crippen LogP contribution in [0.4, 0.5) is 5.69 Å². The summed E-state index contributed by atoms with van der Waals surface area (Å²) in [6, 6.07) is 13.6. The number of hydrogen-bond donors (Lipinski definition) is 1. The second kappa shape index (κ2) is 7.48. The van der Waals surface area contributed by atoms with Gasteiger partial charge in [0.15, 0.2) is 5.58 Å². The first-order valence-electron chi connectivity index (χ1n) is 8.94. The Morgan fingerprint density at radius 1 is 1.22 bits per heavy atom. The molecule has 138 valence electrons. The number of carboxylic acids is 1. The maximum absolute atomic E-state index is 11.7. The number of anilines is 1. The molecule has 0 saturated carbocycles. The average Bonchev–Trinajstić information content (AvgIpc) is 3.31. The van der Waals surface area contributed by atoms with Crippen molar-refractivity contribution >= 4 is 40.6 Å². The van der Waals surface area contributed by atoms with Crippen LogP contribution in [0.15, 0.2) is 57.0 Å². The van der Waals surface area contributed by atoms with Crippen LogP contribution < -0.4 is 4.90 Å². The van der Waals surface area contributed by atoms with Gasteiger partial charge >= 0.3 is 5.97 Å². The van der Waals surface area contributed by atoms with E-state index in [1.54, 1.807) is 6.08 Å². The number of carbonyl (C=O) groups is 1. The van der Waals surface area contributed by atoms with Crippen molar-refractivity contribution in [2.75, 3.05) is 18.0 Å². The second-order valence-electron chi connectivity index (χ2n) is 6.60. The predicted molar refractivity (Wildman–Crippen MR) is 108 cm³/mol. The average molecular weight is 380 g/mol. The van der Waals surface area contributed by atoms with Crippen LogP contribution in [0.1, 0.15) is 24.0 Å². The minimum Gasteiger partial charge on any atom is -0.477 e. The third-order valence-corrected chi connectivity index (χ3v) is 5.56. The number of oxazole rings is 1. The molecular weight excluding hydrogens is 360 g/mol. The first-order chi connectivity index (χ1) is 13.1. The van der Waals surface area contributed by atoms with E-state index >= 15 is 0 Å². The number of hydrogen-bond acceptors (Lipinski definition) is 5. The lowest BCUT2D eigenvalue weighted by atomic mass is 10.1. The largest absolute Gasteiger partial charge is 0.477 e. The molecule has 1 aliphatic rings. The molecule has 2 heterocycles. The summed E-state index contributed by atoms with van der Waals surface area (Å²) < 4.78 is 5.64. The van der Waals surface area contributed by atoms with Crippen molar-refractivity contribution in [3.8, 4) is 0 Å². The number of aromatic nitrogens is 1. The Morgan fingerprint density at radius 2 is 2.00 bits per heavy atom. The molecule has 1 aromatic heterocycles. The SMILES string of the molecule is Cc1cc(N2CCCC2)ccc1/C=C(/Sc1nc2ccccc2o1)C(=O)O. The van der Waals surface area contributed by atoms with E-state index in [9.17, 15) is 9.90 Å². The normalized spacial score (nSPS) is 14.9. The summed E-state index contributed by atoms with van der Waals surface area (Å²) in [6.45, 7) is 4.18. The topological polar surface area (TPSA) is 66.6 Å². The molecule has 0 aliphatic carbocycles. The highest BCUT2D eigenvalue weighted by atomic mass is 32.2. The van der Waals surface area contributed by atoms with Gasteiger partial charge in [0.1, 0.15) is 10.4 Å². The molecule has 1 saturated heterocycles. The molecule has 0 atom stereocenters. The van der Waals surface area contributed by atoms with Gasteiger partial charge in [-0.05, 0) is 73.0 Å². The van der Waals surface area contributed by atoms with Crippen molar-refractivity contribution < 1.29 is 14.3 Å². The van der Waals surface area contributed by atoms with Crippen LogP contribution in [-0.2, 0) is 4.79 Å². The first-order valence-corrected chi connectivity index (χ1v) is 9.76. The highest BCUT2D eigenvalue weighted by Crippen LogP contribution is 2.32. The lowest BCUT2D eigenvalue weighted by Gasteiger charge is -2.18. The van der Waals surface area contributed by atoms with E-state index < -0.39 is 5.97 Å². The highest BCUT2D eigenvalue weighted by molar-refractivity contribution is 8.03. The standard InChI is InChI=1S/C21H20N2O3S/c1-14-12-16(23-10-4-5-11-23)9-8-15(14)13-19(20(24)25)27-21-22-17-6-2-3-7-18(17)26-21/h2-3,6-9,12-13H,4-5,10-11H2,1H3,(H,24,25)/b19-13+. The summed E-state index contributed by atoms with van der Waals surface area (Å²) in [7, 11) is 0. The van der Waals surface area contributed by atoms with Gasteiger partial charge < -0.3 is 14.4 Å². The predicted octanol–water partition coefficient (Wildman–Crippen LogP) is 4.95. The number of aryl methyl sites for hydroxylation is 1. The molecule has 0 bridgehead atoms. The van der Waals surface area contributed by atoms with Crippen LogP contribution in [0.25, 0.3) is 17.2 Å². The Bertz CT molecular complexity index is 986. The lowest BCUT2D eigenvalue weighted by molar-refractivity contribution is -0.131. The zero-order valence-corrected chi connectivity index (χ0v) is 15.8. The molecule has 4 rings (SSSR count). The molecule has 1 fully saturated rings. The number of nitrogens with zero attached hydrogens (tertiary/aromatic N) is 2. The van der Waals surface area contributed by atoms with Crippen LogP contribution >= 0.6 is 11.8 Å². The number of carboxylic acid groups (broad SMARTS) is 1. The van der Waals surface area contributed by atoms with Gasteiger partial charge in [0, 0.05) is 18.8 Å². The van der Waals surface area contributed by atoms with Gasteiger partial charge in [0.25, 0.3) is 5.22 Å². The number of rotatable bonds is 5. The van der Waals surface area contributed by atoms with Crippen LogP contribution in [0.2, 0.25) is 0 Å². The van der Waals surface area contributed by atoms with Gasteiger partial charge in [-0.3, -0.25) is 0 Å². The van der Waals surface area contributed by atoms with Crippen molar-refractivity contribution in [2.45, 2.75) is 25.0 Å². The van der Waals surface area contributed by atoms with Gasteiger partial charge in [-0.25, -0.2) is 9.78 Å². The van der Waals surface area contributed by atoms with E-state index in [1.807, 2.05) is 37.3 Å². The summed E-state index contributed by atoms with van der Waals surface area (Å²) >= 11 is 1.03. The van der Waals surface area contributed by atoms with Crippen molar-refractivity contribution in [1.82, 2.24) is 4.98 Å². The number of para-hydroxylation sites is 2. The maximum Gasteiger partial charge on any atom is 0.342 e. The van der Waals surface area contributed by atoms with Gasteiger partial charge in [0.2, 0.25) is 0 Å². The summed E-state index contributed by atoms with van der Waals surface area (Å²) in [6.07, 6.45) is 4.14. The Balaban J connectivity index is 1.61. The minimum atomic E-state index is -0.995. The minimum absolute atomic E-state index is 0.179. The summed E-state index contributed by atoms with van der Waals surface area (Å²) in [5, 5.41) is 9.95. The summed E-state index contributed by atoms with van der Waals surface area (Å²) in [5.41, 5.74) is 4.51. The van der Waals surface area contributed by atoms with Crippen molar-refractivity contribution in [3.05, 3.63) is 58.5 Å². The molecule has 2 aromatic carbocycles. The van der Waals surface area contributed by atoms with E-state index in [1.165, 1.54) is 18.5 Å². The second-order valence-corrected chi connectivity index (χ2v) is 7.59.